The van der Waals surface area contributed by atoms with Crippen molar-refractivity contribution in [1.29, 1.82) is 0 Å². The first-order valence-electron chi connectivity index (χ1n) is 8.28. The van der Waals surface area contributed by atoms with Crippen LogP contribution in [0, 0.1) is 9.77 Å². The number of hydrogen-bond donors (Lipinski definition) is 1. The maximum atomic E-state index is 13.1. The van der Waals surface area contributed by atoms with Gasteiger partial charge in [-0.15, -0.1) is 5.10 Å². The van der Waals surface area contributed by atoms with Crippen LogP contribution in [-0.2, 0) is 4.79 Å². The lowest BCUT2D eigenvalue weighted by Crippen LogP contribution is -2.22. The van der Waals surface area contributed by atoms with Crippen molar-refractivity contribution in [3.63, 3.8) is 0 Å². The molecule has 0 saturated carbocycles. The van der Waals surface area contributed by atoms with Crippen LogP contribution in [0.25, 0.3) is 5.69 Å². The van der Waals surface area contributed by atoms with Gasteiger partial charge in [0.05, 0.1) is 10.9 Å². The van der Waals surface area contributed by atoms with Crippen LogP contribution in [0.3, 0.4) is 0 Å². The van der Waals surface area contributed by atoms with Crippen molar-refractivity contribution >= 4 is 52.7 Å². The molecule has 2 aromatic carbocycles. The number of hydrogen-bond acceptors (Lipinski definition) is 6. The van der Waals surface area contributed by atoms with E-state index < -0.39 is 5.25 Å². The number of carbonyl (C=O) groups excluding carboxylic acids is 2. The zero-order valence-electron chi connectivity index (χ0n) is 15.0. The molecular weight excluding hydrogens is 417 g/mol. The molecule has 1 amide bonds. The highest BCUT2D eigenvalue weighted by Gasteiger charge is 2.18. The summed E-state index contributed by atoms with van der Waals surface area (Å²) in [5, 5.41) is 6.80. The first-order chi connectivity index (χ1) is 13.3. The number of ketones is 1. The van der Waals surface area contributed by atoms with Gasteiger partial charge in [-0.1, -0.05) is 35.2 Å². The molecule has 0 saturated heterocycles. The number of carbonyl (C=O) groups is 2. The minimum absolute atomic E-state index is 0.0652. The molecule has 144 valence electrons. The van der Waals surface area contributed by atoms with E-state index in [1.807, 2.05) is 0 Å². The second-order valence-electron chi connectivity index (χ2n) is 5.91. The van der Waals surface area contributed by atoms with Crippen LogP contribution < -0.4 is 5.32 Å². The maximum absolute atomic E-state index is 13.1. The average molecular weight is 434 g/mol. The van der Waals surface area contributed by atoms with E-state index >= 15 is 0 Å². The SMILES string of the molecule is CC(=O)c1cccc(NC(=O)[C@H](C)Sc2nn(-c3ccc(F)cc3)c(=S)s2)c1. The van der Waals surface area contributed by atoms with Crippen molar-refractivity contribution in [2.45, 2.75) is 23.4 Å². The van der Waals surface area contributed by atoms with Gasteiger partial charge in [-0.25, -0.2) is 9.07 Å². The van der Waals surface area contributed by atoms with Gasteiger partial charge < -0.3 is 5.32 Å². The zero-order valence-corrected chi connectivity index (χ0v) is 17.5. The van der Waals surface area contributed by atoms with Crippen LogP contribution in [0.5, 0.6) is 0 Å². The Morgan fingerprint density at radius 3 is 2.64 bits per heavy atom. The van der Waals surface area contributed by atoms with E-state index in [2.05, 4.69) is 10.4 Å². The summed E-state index contributed by atoms with van der Waals surface area (Å²) in [6.07, 6.45) is 0. The molecule has 0 aliphatic rings. The predicted octanol–water partition coefficient (Wildman–Crippen LogP) is 5.12. The van der Waals surface area contributed by atoms with Crippen molar-refractivity contribution in [3.8, 4) is 5.69 Å². The number of aromatic nitrogens is 2. The van der Waals surface area contributed by atoms with Crippen molar-refractivity contribution in [2.75, 3.05) is 5.32 Å². The van der Waals surface area contributed by atoms with E-state index in [0.717, 1.165) is 0 Å². The summed E-state index contributed by atoms with van der Waals surface area (Å²) in [6.45, 7) is 3.24. The van der Waals surface area contributed by atoms with E-state index in [1.165, 1.54) is 42.2 Å². The van der Waals surface area contributed by atoms with E-state index in [4.69, 9.17) is 12.2 Å². The third-order valence-electron chi connectivity index (χ3n) is 3.78. The molecule has 1 aromatic heterocycles. The summed E-state index contributed by atoms with van der Waals surface area (Å²) in [5.41, 5.74) is 1.76. The normalized spacial score (nSPS) is 11.8. The molecule has 1 heterocycles. The van der Waals surface area contributed by atoms with E-state index in [0.29, 0.717) is 25.2 Å². The second-order valence-corrected chi connectivity index (χ2v) is 9.12. The summed E-state index contributed by atoms with van der Waals surface area (Å²) in [5.74, 6) is -0.607. The lowest BCUT2D eigenvalue weighted by molar-refractivity contribution is -0.115. The van der Waals surface area contributed by atoms with Crippen molar-refractivity contribution in [3.05, 3.63) is 63.9 Å². The Bertz CT molecular complexity index is 1080. The molecule has 1 atom stereocenters. The number of Topliss-reactive ketones (excluding diaryl/α,β-unsaturated/α-hetero) is 1. The van der Waals surface area contributed by atoms with Crippen LogP contribution in [0.2, 0.25) is 0 Å². The van der Waals surface area contributed by atoms with Crippen LogP contribution in [0.4, 0.5) is 10.1 Å². The minimum Gasteiger partial charge on any atom is -0.325 e. The first-order valence-corrected chi connectivity index (χ1v) is 10.4. The van der Waals surface area contributed by atoms with Crippen LogP contribution in [-0.4, -0.2) is 26.7 Å². The molecule has 0 radical (unpaired) electrons. The lowest BCUT2D eigenvalue weighted by Gasteiger charge is -2.11. The molecule has 0 aliphatic heterocycles. The molecule has 28 heavy (non-hydrogen) atoms. The van der Waals surface area contributed by atoms with Gasteiger partial charge in [0, 0.05) is 11.3 Å². The fraction of sp³-hybridized carbons (Fsp3) is 0.158. The quantitative estimate of drug-likeness (QED) is 0.332. The smallest absolute Gasteiger partial charge is 0.237 e. The van der Waals surface area contributed by atoms with Crippen molar-refractivity contribution < 1.29 is 14.0 Å². The number of amides is 1. The van der Waals surface area contributed by atoms with Gasteiger partial charge in [-0.05, 0) is 62.5 Å². The van der Waals surface area contributed by atoms with E-state index in [1.54, 1.807) is 48.0 Å². The number of thioether (sulfide) groups is 1. The molecule has 1 N–H and O–H groups in total. The third-order valence-corrected chi connectivity index (χ3v) is 6.20. The van der Waals surface area contributed by atoms with E-state index in [9.17, 15) is 14.0 Å². The monoisotopic (exact) mass is 433 g/mol. The highest BCUT2D eigenvalue weighted by atomic mass is 32.2. The Morgan fingerprint density at radius 1 is 1.25 bits per heavy atom. The van der Waals surface area contributed by atoms with Gasteiger partial charge >= 0.3 is 0 Å². The number of nitrogens with zero attached hydrogens (tertiary/aromatic N) is 2. The highest BCUT2D eigenvalue weighted by molar-refractivity contribution is 8.02. The van der Waals surface area contributed by atoms with Gasteiger partial charge in [-0.2, -0.15) is 0 Å². The molecule has 0 spiro atoms. The zero-order chi connectivity index (χ0) is 20.3. The predicted molar refractivity (Wildman–Crippen MR) is 113 cm³/mol. The molecule has 3 aromatic rings. The fourth-order valence-corrected chi connectivity index (χ4v) is 4.82. The highest BCUT2D eigenvalue weighted by Crippen LogP contribution is 2.28. The Morgan fingerprint density at radius 2 is 1.96 bits per heavy atom. The van der Waals surface area contributed by atoms with Gasteiger partial charge in [0.15, 0.2) is 14.1 Å². The Kier molecular flexibility index (Phi) is 6.38. The van der Waals surface area contributed by atoms with E-state index in [-0.39, 0.29) is 17.5 Å². The first kappa shape index (κ1) is 20.4. The summed E-state index contributed by atoms with van der Waals surface area (Å²) in [4.78, 5) is 24.0. The van der Waals surface area contributed by atoms with Gasteiger partial charge in [0.1, 0.15) is 5.82 Å². The topological polar surface area (TPSA) is 64.0 Å². The number of rotatable bonds is 6. The fourth-order valence-electron chi connectivity index (χ4n) is 2.32. The molecule has 0 aliphatic carbocycles. The second kappa shape index (κ2) is 8.76. The number of anilines is 1. The summed E-state index contributed by atoms with van der Waals surface area (Å²) in [7, 11) is 0. The largest absolute Gasteiger partial charge is 0.325 e. The molecule has 9 heteroatoms. The minimum atomic E-state index is -0.428. The van der Waals surface area contributed by atoms with Gasteiger partial charge in [0.25, 0.3) is 0 Å². The molecular formula is C19H16FN3O2S3. The van der Waals surface area contributed by atoms with Gasteiger partial charge in [0.2, 0.25) is 5.91 Å². The van der Waals surface area contributed by atoms with Crippen LogP contribution in [0.15, 0.2) is 52.9 Å². The lowest BCUT2D eigenvalue weighted by atomic mass is 10.1. The molecule has 5 nitrogen and oxygen atoms in total. The summed E-state index contributed by atoms with van der Waals surface area (Å²) >= 11 is 7.89. The standard InChI is InChI=1S/C19H16FN3O2S3/c1-11(24)13-4-3-5-15(10-13)21-17(25)12(2)27-18-22-23(19(26)28-18)16-8-6-14(20)7-9-16/h3-10,12H,1-2H3,(H,21,25)/t12-/m0/s1. The molecule has 0 fully saturated rings. The summed E-state index contributed by atoms with van der Waals surface area (Å²) < 4.78 is 15.8. The number of halogens is 1. The molecule has 0 unspecified atom stereocenters. The third kappa shape index (κ3) is 4.92. The van der Waals surface area contributed by atoms with Crippen LogP contribution in [0.1, 0.15) is 24.2 Å². The summed E-state index contributed by atoms with van der Waals surface area (Å²) in [6, 6.07) is 12.7. The maximum Gasteiger partial charge on any atom is 0.237 e. The van der Waals surface area contributed by atoms with Crippen molar-refractivity contribution in [1.82, 2.24) is 9.78 Å². The average Bonchev–Trinajstić information content (AvgIpc) is 3.02. The van der Waals surface area contributed by atoms with Gasteiger partial charge in [-0.3, -0.25) is 9.59 Å². The van der Waals surface area contributed by atoms with Crippen LogP contribution >= 0.6 is 35.3 Å². The number of benzene rings is 2. The Balaban J connectivity index is 1.70. The Labute approximate surface area is 174 Å². The molecule has 0 bridgehead atoms. The Hall–Kier alpha value is -2.36. The number of nitrogens with one attached hydrogen (secondary N) is 1. The van der Waals surface area contributed by atoms with Crippen molar-refractivity contribution in [2.24, 2.45) is 0 Å². The molecule has 3 rings (SSSR count).